The highest BCUT2D eigenvalue weighted by Gasteiger charge is 2.49. The Morgan fingerprint density at radius 2 is 1.42 bits per heavy atom. The summed E-state index contributed by atoms with van der Waals surface area (Å²) < 4.78 is 0. The Hall–Kier alpha value is -2.13. The third-order valence-corrected chi connectivity index (χ3v) is 3.76. The molecule has 2 aromatic rings. The number of amides is 1. The molecule has 1 N–H and O–H groups in total. The van der Waals surface area contributed by atoms with Crippen LogP contribution in [0.2, 0.25) is 0 Å². The lowest BCUT2D eigenvalue weighted by atomic mass is 9.82. The fourth-order valence-electron chi connectivity index (χ4n) is 2.84. The first-order chi connectivity index (χ1) is 9.26. The Bertz CT molecular complexity index is 541. The SMILES string of the molecule is CN1CNC(=O)C1(c1ccccc1)c1ccccc1. The average Bonchev–Trinajstić information content (AvgIpc) is 2.77. The predicted molar refractivity (Wildman–Crippen MR) is 74.4 cm³/mol. The molecule has 3 rings (SSSR count). The van der Waals surface area contributed by atoms with Gasteiger partial charge in [-0.1, -0.05) is 60.7 Å². The molecule has 0 bridgehead atoms. The van der Waals surface area contributed by atoms with Gasteiger partial charge in [-0.05, 0) is 18.2 Å². The second-order valence-corrected chi connectivity index (χ2v) is 4.80. The van der Waals surface area contributed by atoms with E-state index >= 15 is 0 Å². The van der Waals surface area contributed by atoms with Crippen molar-refractivity contribution in [2.45, 2.75) is 5.54 Å². The molecule has 1 heterocycles. The molecule has 0 radical (unpaired) electrons. The van der Waals surface area contributed by atoms with E-state index in [0.29, 0.717) is 6.67 Å². The van der Waals surface area contributed by atoms with Crippen LogP contribution in [0.25, 0.3) is 0 Å². The molecule has 0 unspecified atom stereocenters. The first-order valence-corrected chi connectivity index (χ1v) is 6.37. The molecule has 0 saturated carbocycles. The summed E-state index contributed by atoms with van der Waals surface area (Å²) in [6.45, 7) is 0.558. The molecule has 1 saturated heterocycles. The molecule has 3 heteroatoms. The zero-order valence-corrected chi connectivity index (χ0v) is 10.8. The molecule has 19 heavy (non-hydrogen) atoms. The number of nitrogens with zero attached hydrogens (tertiary/aromatic N) is 1. The number of hydrogen-bond donors (Lipinski definition) is 1. The van der Waals surface area contributed by atoms with Crippen molar-refractivity contribution in [3.05, 3.63) is 71.8 Å². The van der Waals surface area contributed by atoms with E-state index in [1.54, 1.807) is 0 Å². The molecule has 1 aliphatic rings. The van der Waals surface area contributed by atoms with Crippen LogP contribution < -0.4 is 5.32 Å². The maximum Gasteiger partial charge on any atom is 0.250 e. The van der Waals surface area contributed by atoms with Crippen LogP contribution in [-0.2, 0) is 10.3 Å². The van der Waals surface area contributed by atoms with Gasteiger partial charge in [0.15, 0.2) is 5.54 Å². The quantitative estimate of drug-likeness (QED) is 0.886. The van der Waals surface area contributed by atoms with Crippen molar-refractivity contribution in [2.24, 2.45) is 0 Å². The first-order valence-electron chi connectivity index (χ1n) is 6.37. The van der Waals surface area contributed by atoms with Crippen LogP contribution in [0.1, 0.15) is 11.1 Å². The Morgan fingerprint density at radius 3 is 1.79 bits per heavy atom. The van der Waals surface area contributed by atoms with Gasteiger partial charge in [-0.15, -0.1) is 0 Å². The Kier molecular flexibility index (Phi) is 2.84. The summed E-state index contributed by atoms with van der Waals surface area (Å²) in [5.74, 6) is 0.0346. The number of carbonyl (C=O) groups is 1. The fourth-order valence-corrected chi connectivity index (χ4v) is 2.84. The molecule has 0 atom stereocenters. The van der Waals surface area contributed by atoms with Gasteiger partial charge >= 0.3 is 0 Å². The Labute approximate surface area is 112 Å². The van der Waals surface area contributed by atoms with Gasteiger partial charge in [-0.2, -0.15) is 0 Å². The van der Waals surface area contributed by atoms with Crippen molar-refractivity contribution in [1.82, 2.24) is 10.2 Å². The van der Waals surface area contributed by atoms with Gasteiger partial charge in [-0.25, -0.2) is 0 Å². The summed E-state index contributed by atoms with van der Waals surface area (Å²) in [7, 11) is 1.97. The van der Waals surface area contributed by atoms with Gasteiger partial charge < -0.3 is 5.32 Å². The molecule has 0 spiro atoms. The molecule has 1 amide bonds. The molecule has 0 aromatic heterocycles. The average molecular weight is 252 g/mol. The van der Waals surface area contributed by atoms with E-state index < -0.39 is 5.54 Å². The molecular formula is C16H16N2O. The summed E-state index contributed by atoms with van der Waals surface area (Å²) in [5, 5.41) is 2.94. The minimum atomic E-state index is -0.720. The highest BCUT2D eigenvalue weighted by Crippen LogP contribution is 2.37. The summed E-state index contributed by atoms with van der Waals surface area (Å²) in [6, 6.07) is 19.9. The van der Waals surface area contributed by atoms with E-state index in [4.69, 9.17) is 0 Å². The van der Waals surface area contributed by atoms with E-state index in [9.17, 15) is 4.79 Å². The van der Waals surface area contributed by atoms with E-state index in [0.717, 1.165) is 11.1 Å². The summed E-state index contributed by atoms with van der Waals surface area (Å²) in [4.78, 5) is 14.6. The second-order valence-electron chi connectivity index (χ2n) is 4.80. The molecule has 1 fully saturated rings. The van der Waals surface area contributed by atoms with Crippen LogP contribution in [0, 0.1) is 0 Å². The molecular weight excluding hydrogens is 236 g/mol. The van der Waals surface area contributed by atoms with Gasteiger partial charge in [0.25, 0.3) is 5.91 Å². The highest BCUT2D eigenvalue weighted by atomic mass is 16.2. The Morgan fingerprint density at radius 1 is 0.947 bits per heavy atom. The van der Waals surface area contributed by atoms with Gasteiger partial charge in [0, 0.05) is 0 Å². The molecule has 96 valence electrons. The number of nitrogens with one attached hydrogen (secondary N) is 1. The lowest BCUT2D eigenvalue weighted by molar-refractivity contribution is -0.124. The zero-order chi connectivity index (χ0) is 13.3. The summed E-state index contributed by atoms with van der Waals surface area (Å²) in [6.07, 6.45) is 0. The van der Waals surface area contributed by atoms with Crippen molar-refractivity contribution in [3.8, 4) is 0 Å². The second kappa shape index (κ2) is 4.52. The normalized spacial score (nSPS) is 18.3. The number of rotatable bonds is 2. The largest absolute Gasteiger partial charge is 0.341 e. The van der Waals surface area contributed by atoms with E-state index in [-0.39, 0.29) is 5.91 Å². The van der Waals surface area contributed by atoms with Gasteiger partial charge in [0.05, 0.1) is 6.67 Å². The van der Waals surface area contributed by atoms with Crippen LogP contribution in [0.3, 0.4) is 0 Å². The topological polar surface area (TPSA) is 32.3 Å². The highest BCUT2D eigenvalue weighted by molar-refractivity contribution is 5.93. The maximum atomic E-state index is 12.6. The number of hydrogen-bond acceptors (Lipinski definition) is 2. The summed E-state index contributed by atoms with van der Waals surface area (Å²) >= 11 is 0. The maximum absolute atomic E-state index is 12.6. The van der Waals surface area contributed by atoms with Crippen molar-refractivity contribution in [1.29, 1.82) is 0 Å². The molecule has 3 nitrogen and oxygen atoms in total. The minimum Gasteiger partial charge on any atom is -0.341 e. The van der Waals surface area contributed by atoms with Crippen molar-refractivity contribution >= 4 is 5.91 Å². The monoisotopic (exact) mass is 252 g/mol. The number of likely N-dealkylation sites (N-methyl/N-ethyl adjacent to an activating group) is 1. The van der Waals surface area contributed by atoms with Gasteiger partial charge in [-0.3, -0.25) is 9.69 Å². The van der Waals surface area contributed by atoms with E-state index in [2.05, 4.69) is 10.2 Å². The van der Waals surface area contributed by atoms with Crippen LogP contribution >= 0.6 is 0 Å². The minimum absolute atomic E-state index is 0.0346. The van der Waals surface area contributed by atoms with Crippen LogP contribution in [-0.4, -0.2) is 24.5 Å². The van der Waals surface area contributed by atoms with Gasteiger partial charge in [0.1, 0.15) is 0 Å². The summed E-state index contributed by atoms with van der Waals surface area (Å²) in [5.41, 5.74) is 1.28. The standard InChI is InChI=1S/C16H16N2O/c1-18-12-17-15(19)16(18,13-8-4-2-5-9-13)14-10-6-3-7-11-14/h2-11H,12H2,1H3,(H,17,19). The predicted octanol–water partition coefficient (Wildman–Crippen LogP) is 1.95. The Balaban J connectivity index is 2.25. The van der Waals surface area contributed by atoms with Crippen molar-refractivity contribution in [3.63, 3.8) is 0 Å². The van der Waals surface area contributed by atoms with Crippen molar-refractivity contribution in [2.75, 3.05) is 13.7 Å². The van der Waals surface area contributed by atoms with Crippen LogP contribution in [0.15, 0.2) is 60.7 Å². The zero-order valence-electron chi connectivity index (χ0n) is 10.8. The van der Waals surface area contributed by atoms with Crippen LogP contribution in [0.5, 0.6) is 0 Å². The number of carbonyl (C=O) groups excluding carboxylic acids is 1. The third kappa shape index (κ3) is 1.66. The fraction of sp³-hybridized carbons (Fsp3) is 0.188. The molecule has 2 aromatic carbocycles. The first kappa shape index (κ1) is 11.9. The molecule has 0 aliphatic carbocycles. The van der Waals surface area contributed by atoms with E-state index in [1.165, 1.54) is 0 Å². The lowest BCUT2D eigenvalue weighted by Gasteiger charge is -2.33. The third-order valence-electron chi connectivity index (χ3n) is 3.76. The van der Waals surface area contributed by atoms with Crippen LogP contribution in [0.4, 0.5) is 0 Å². The lowest BCUT2D eigenvalue weighted by Crippen LogP contribution is -2.45. The van der Waals surface area contributed by atoms with Gasteiger partial charge in [0.2, 0.25) is 0 Å². The van der Waals surface area contributed by atoms with E-state index in [1.807, 2.05) is 67.7 Å². The molecule has 1 aliphatic heterocycles. The number of benzene rings is 2. The smallest absolute Gasteiger partial charge is 0.250 e. The van der Waals surface area contributed by atoms with Crippen molar-refractivity contribution < 1.29 is 4.79 Å².